The molecule has 0 saturated carbocycles. The summed E-state index contributed by atoms with van der Waals surface area (Å²) in [5.74, 6) is 0. The van der Waals surface area contributed by atoms with Crippen molar-refractivity contribution < 1.29 is 0 Å². The average molecular weight is 1430 g/mol. The number of hydrogen-bond acceptors (Lipinski definition) is 0. The number of nitrogens with zero attached hydrogens (tertiary/aromatic N) is 2. The van der Waals surface area contributed by atoms with Crippen molar-refractivity contribution in [1.82, 2.24) is 9.13 Å². The number of aryl methyl sites for hydroxylation is 4. The molecule has 0 fully saturated rings. The molecule has 0 aliphatic heterocycles. The molecule has 2 aromatic heterocycles. The Bertz CT molecular complexity index is 7180. The van der Waals surface area contributed by atoms with E-state index in [2.05, 4.69) is 437 Å². The van der Waals surface area contributed by atoms with Crippen LogP contribution in [-0.4, -0.2) is 9.13 Å². The third-order valence-electron chi connectivity index (χ3n) is 23.0. The van der Waals surface area contributed by atoms with Crippen LogP contribution < -0.4 is 0 Å². The SMILES string of the molecule is Cc1ccc2c(-c3ccc(-c4ccc5c(c4)c4cc(-c6ccccc6)ccc4n5-c4ccccc4)cc3)c3cc(C)ccc3c(-c3ccc(-c4ccccc4)cc3)c2c1.Cc1ccc2c(-c3ccc(-c4ccc5c(c4)c4cc(-c6ccccc6)ccc4n5-c4ccccc4)cc3)c3cc(C)ccc3c(-c3ccccc3)c2c1. The zero-order chi connectivity index (χ0) is 74.9. The van der Waals surface area contributed by atoms with Crippen molar-refractivity contribution in [3.8, 4) is 112 Å². The monoisotopic (exact) mass is 1430 g/mol. The van der Waals surface area contributed by atoms with Crippen molar-refractivity contribution in [1.29, 1.82) is 0 Å². The third-order valence-corrected chi connectivity index (χ3v) is 23.0. The van der Waals surface area contributed by atoms with Crippen LogP contribution in [-0.2, 0) is 0 Å². The molecule has 0 radical (unpaired) electrons. The van der Waals surface area contributed by atoms with Gasteiger partial charge in [0.2, 0.25) is 0 Å². The zero-order valence-corrected chi connectivity index (χ0v) is 63.0. The summed E-state index contributed by atoms with van der Waals surface area (Å²) in [4.78, 5) is 0. The Balaban J connectivity index is 0.000000147. The molecule has 528 valence electrons. The predicted molar refractivity (Wildman–Crippen MR) is 479 cm³/mol. The fourth-order valence-electron chi connectivity index (χ4n) is 17.6. The Morgan fingerprint density at radius 2 is 0.321 bits per heavy atom. The van der Waals surface area contributed by atoms with E-state index in [1.165, 1.54) is 215 Å². The lowest BCUT2D eigenvalue weighted by Crippen LogP contribution is -1.93. The van der Waals surface area contributed by atoms with Crippen molar-refractivity contribution in [2.75, 3.05) is 0 Å². The van der Waals surface area contributed by atoms with Crippen LogP contribution in [0.5, 0.6) is 0 Å². The maximum Gasteiger partial charge on any atom is 0.0541 e. The minimum absolute atomic E-state index is 1.16. The fourth-order valence-corrected chi connectivity index (χ4v) is 17.6. The predicted octanol–water partition coefficient (Wildman–Crippen LogP) is 30.4. The zero-order valence-electron chi connectivity index (χ0n) is 63.0. The lowest BCUT2D eigenvalue weighted by Gasteiger charge is -2.19. The largest absolute Gasteiger partial charge is 0.309 e. The van der Waals surface area contributed by atoms with E-state index in [1.807, 2.05) is 0 Å². The van der Waals surface area contributed by atoms with Crippen molar-refractivity contribution in [3.05, 3.63) is 423 Å². The molecule has 0 N–H and O–H groups in total. The maximum absolute atomic E-state index is 2.40. The van der Waals surface area contributed by atoms with E-state index in [0.717, 1.165) is 5.69 Å². The van der Waals surface area contributed by atoms with Gasteiger partial charge in [0.25, 0.3) is 0 Å². The molecule has 0 amide bonds. The highest BCUT2D eigenvalue weighted by Gasteiger charge is 2.23. The molecular weight excluding hydrogens is 1350 g/mol. The molecule has 0 spiro atoms. The molecule has 0 aliphatic carbocycles. The van der Waals surface area contributed by atoms with E-state index in [-0.39, 0.29) is 0 Å². The van der Waals surface area contributed by atoms with E-state index >= 15 is 0 Å². The molecule has 2 heterocycles. The van der Waals surface area contributed by atoms with Gasteiger partial charge in [0.1, 0.15) is 0 Å². The van der Waals surface area contributed by atoms with Gasteiger partial charge in [-0.15, -0.1) is 0 Å². The Morgan fingerprint density at radius 1 is 0.134 bits per heavy atom. The summed E-state index contributed by atoms with van der Waals surface area (Å²) in [6, 6.07) is 147. The summed E-state index contributed by atoms with van der Waals surface area (Å²) < 4.78 is 4.79. The van der Waals surface area contributed by atoms with Crippen molar-refractivity contribution >= 4 is 86.7 Å². The summed E-state index contributed by atoms with van der Waals surface area (Å²) >= 11 is 0. The number of aromatic nitrogens is 2. The Morgan fingerprint density at radius 3 is 0.580 bits per heavy atom. The second kappa shape index (κ2) is 28.1. The van der Waals surface area contributed by atoms with Crippen molar-refractivity contribution in [2.24, 2.45) is 0 Å². The van der Waals surface area contributed by atoms with Gasteiger partial charge in [-0.25, -0.2) is 0 Å². The topological polar surface area (TPSA) is 9.86 Å². The lowest BCUT2D eigenvalue weighted by atomic mass is 9.84. The molecule has 0 bridgehead atoms. The van der Waals surface area contributed by atoms with Crippen LogP contribution in [0, 0.1) is 27.7 Å². The first-order chi connectivity index (χ1) is 55.2. The lowest BCUT2D eigenvalue weighted by molar-refractivity contribution is 1.18. The van der Waals surface area contributed by atoms with Crippen LogP contribution in [0.2, 0.25) is 0 Å². The first kappa shape index (κ1) is 67.2. The summed E-state index contributed by atoms with van der Waals surface area (Å²) in [7, 11) is 0. The minimum Gasteiger partial charge on any atom is -0.309 e. The number of fused-ring (bicyclic) bond motifs is 10. The molecular formula is C110H78N2. The molecule has 112 heavy (non-hydrogen) atoms. The second-order valence-corrected chi connectivity index (χ2v) is 30.2. The quantitative estimate of drug-likeness (QED) is 0.114. The number of para-hydroxylation sites is 2. The average Bonchev–Trinajstić information content (AvgIpc) is 0.975. The van der Waals surface area contributed by atoms with Crippen LogP contribution in [0.1, 0.15) is 22.3 Å². The van der Waals surface area contributed by atoms with Crippen LogP contribution in [0.3, 0.4) is 0 Å². The molecule has 0 unspecified atom stereocenters. The molecule has 0 saturated heterocycles. The molecule has 0 aliphatic rings. The summed E-state index contributed by atoms with van der Waals surface area (Å²) in [6.07, 6.45) is 0. The van der Waals surface area contributed by atoms with Gasteiger partial charge < -0.3 is 9.13 Å². The van der Waals surface area contributed by atoms with Gasteiger partial charge in [-0.1, -0.05) is 350 Å². The number of hydrogen-bond donors (Lipinski definition) is 0. The second-order valence-electron chi connectivity index (χ2n) is 30.2. The highest BCUT2D eigenvalue weighted by Crippen LogP contribution is 2.49. The van der Waals surface area contributed by atoms with E-state index in [1.54, 1.807) is 0 Å². The van der Waals surface area contributed by atoms with Crippen molar-refractivity contribution in [3.63, 3.8) is 0 Å². The molecule has 21 aromatic rings. The van der Waals surface area contributed by atoms with Gasteiger partial charge in [-0.3, -0.25) is 0 Å². The van der Waals surface area contributed by atoms with Gasteiger partial charge in [-0.2, -0.15) is 0 Å². The summed E-state index contributed by atoms with van der Waals surface area (Å²) in [6.45, 7) is 8.79. The minimum atomic E-state index is 1.16. The molecule has 2 heteroatoms. The third kappa shape index (κ3) is 12.0. The van der Waals surface area contributed by atoms with Crippen LogP contribution in [0.15, 0.2) is 400 Å². The molecule has 0 atom stereocenters. The highest BCUT2D eigenvalue weighted by molar-refractivity contribution is 6.24. The van der Waals surface area contributed by atoms with Crippen LogP contribution >= 0.6 is 0 Å². The molecule has 21 rings (SSSR count). The van der Waals surface area contributed by atoms with Gasteiger partial charge in [-0.05, 0) is 244 Å². The van der Waals surface area contributed by atoms with Gasteiger partial charge in [0, 0.05) is 32.9 Å². The first-order valence-electron chi connectivity index (χ1n) is 38.9. The number of benzene rings is 19. The van der Waals surface area contributed by atoms with Crippen molar-refractivity contribution in [2.45, 2.75) is 27.7 Å². The Labute approximate surface area is 653 Å². The van der Waals surface area contributed by atoms with E-state index < -0.39 is 0 Å². The van der Waals surface area contributed by atoms with E-state index in [4.69, 9.17) is 0 Å². The van der Waals surface area contributed by atoms with E-state index in [9.17, 15) is 0 Å². The smallest absolute Gasteiger partial charge is 0.0541 e. The number of rotatable bonds is 11. The highest BCUT2D eigenvalue weighted by atomic mass is 15.0. The van der Waals surface area contributed by atoms with Crippen LogP contribution in [0.4, 0.5) is 0 Å². The standard InChI is InChI=1S/C58H41N.C52H37N/c1-38-19-31-50-53(34-38)57(44-24-20-42(21-25-44)40-12-6-3-7-13-40)49-30-18-39(2)35-54(49)58(50)45-26-22-43(23-27-45)47-29-33-56-52(37-47)51-36-46(41-14-8-4-9-15-41)28-32-55(51)59(56)48-16-10-5-11-17-48;1-34-19-27-44-47(30-34)51(38-14-8-4-9-15-38)43-26-18-35(2)31-48(43)52(44)39-22-20-37(21-23-39)41-25-29-50-46(33-41)45-32-40(36-12-6-3-7-13-36)24-28-49(45)53(50)42-16-10-5-11-17-42/h3-37H,1-2H3;3-33H,1-2H3. The summed E-state index contributed by atoms with van der Waals surface area (Å²) in [5, 5.41) is 15.3. The summed E-state index contributed by atoms with van der Waals surface area (Å²) in [5.41, 5.74) is 34.5. The maximum atomic E-state index is 2.40. The first-order valence-corrected chi connectivity index (χ1v) is 38.9. The Kier molecular flexibility index (Phi) is 16.9. The van der Waals surface area contributed by atoms with Crippen LogP contribution in [0.25, 0.3) is 198 Å². The molecule has 19 aromatic carbocycles. The van der Waals surface area contributed by atoms with Gasteiger partial charge >= 0.3 is 0 Å². The molecule has 2 nitrogen and oxygen atoms in total. The Hall–Kier alpha value is -14.2. The van der Waals surface area contributed by atoms with Gasteiger partial charge in [0.05, 0.1) is 22.1 Å². The fraction of sp³-hybridized carbons (Fsp3) is 0.0364. The normalized spacial score (nSPS) is 11.6. The van der Waals surface area contributed by atoms with E-state index in [0.29, 0.717) is 0 Å². The van der Waals surface area contributed by atoms with Gasteiger partial charge in [0.15, 0.2) is 0 Å².